The Labute approximate surface area is 94.7 Å². The number of hydrogen-bond donors (Lipinski definition) is 1. The molecule has 1 aromatic heterocycles. The van der Waals surface area contributed by atoms with Gasteiger partial charge in [0.15, 0.2) is 0 Å². The summed E-state index contributed by atoms with van der Waals surface area (Å²) in [5, 5.41) is 0. The van der Waals surface area contributed by atoms with Crippen molar-refractivity contribution in [3.63, 3.8) is 0 Å². The Morgan fingerprint density at radius 1 is 1.44 bits per heavy atom. The lowest BCUT2D eigenvalue weighted by Gasteiger charge is -2.15. The minimum absolute atomic E-state index is 0.0923. The van der Waals surface area contributed by atoms with Crippen molar-refractivity contribution in [1.82, 2.24) is 9.55 Å². The molecule has 0 amide bonds. The van der Waals surface area contributed by atoms with Crippen LogP contribution in [0.1, 0.15) is 11.6 Å². The van der Waals surface area contributed by atoms with Gasteiger partial charge in [0.1, 0.15) is 5.75 Å². The van der Waals surface area contributed by atoms with Gasteiger partial charge >= 0.3 is 0 Å². The maximum Gasteiger partial charge on any atom is 0.123 e. The molecule has 0 spiro atoms. The third-order valence-electron chi connectivity index (χ3n) is 2.51. The number of benzene rings is 1. The van der Waals surface area contributed by atoms with Gasteiger partial charge in [-0.05, 0) is 6.07 Å². The van der Waals surface area contributed by atoms with E-state index in [-0.39, 0.29) is 6.04 Å². The van der Waals surface area contributed by atoms with Crippen LogP contribution in [0, 0.1) is 0 Å². The fraction of sp³-hybridized carbons (Fsp3) is 0.250. The van der Waals surface area contributed by atoms with Crippen LogP contribution >= 0.6 is 0 Å². The van der Waals surface area contributed by atoms with Crippen molar-refractivity contribution in [1.29, 1.82) is 0 Å². The van der Waals surface area contributed by atoms with Gasteiger partial charge in [0.2, 0.25) is 0 Å². The van der Waals surface area contributed by atoms with Crippen LogP contribution < -0.4 is 10.5 Å². The zero-order valence-electron chi connectivity index (χ0n) is 9.21. The topological polar surface area (TPSA) is 53.1 Å². The number of nitrogens with zero attached hydrogens (tertiary/aromatic N) is 2. The van der Waals surface area contributed by atoms with Crippen LogP contribution in [0.5, 0.6) is 5.75 Å². The van der Waals surface area contributed by atoms with Crippen LogP contribution in [0.4, 0.5) is 0 Å². The molecule has 2 N–H and O–H groups in total. The average Bonchev–Trinajstić information content (AvgIpc) is 2.81. The van der Waals surface area contributed by atoms with E-state index in [4.69, 9.17) is 10.5 Å². The molecule has 0 bridgehead atoms. The van der Waals surface area contributed by atoms with Gasteiger partial charge in [0.05, 0.1) is 19.5 Å². The van der Waals surface area contributed by atoms with E-state index < -0.39 is 0 Å². The fourth-order valence-corrected chi connectivity index (χ4v) is 1.69. The van der Waals surface area contributed by atoms with Gasteiger partial charge < -0.3 is 15.0 Å². The van der Waals surface area contributed by atoms with E-state index in [1.54, 1.807) is 19.6 Å². The lowest BCUT2D eigenvalue weighted by molar-refractivity contribution is 0.402. The van der Waals surface area contributed by atoms with Crippen LogP contribution in [0.15, 0.2) is 43.0 Å². The van der Waals surface area contributed by atoms with Gasteiger partial charge in [-0.25, -0.2) is 4.98 Å². The summed E-state index contributed by atoms with van der Waals surface area (Å²) < 4.78 is 7.24. The SMILES string of the molecule is COc1ccccc1C(N)Cn1ccnc1. The van der Waals surface area contributed by atoms with Gasteiger partial charge in [-0.2, -0.15) is 0 Å². The van der Waals surface area contributed by atoms with E-state index in [0.29, 0.717) is 6.54 Å². The molecule has 1 heterocycles. The van der Waals surface area contributed by atoms with Gasteiger partial charge in [-0.1, -0.05) is 18.2 Å². The highest BCUT2D eigenvalue weighted by Gasteiger charge is 2.11. The number of aromatic nitrogens is 2. The highest BCUT2D eigenvalue weighted by Crippen LogP contribution is 2.23. The molecule has 0 saturated heterocycles. The third kappa shape index (κ3) is 2.23. The second-order valence-electron chi connectivity index (χ2n) is 3.61. The molecule has 1 aromatic carbocycles. The zero-order chi connectivity index (χ0) is 11.4. The predicted octanol–water partition coefficient (Wildman–Crippen LogP) is 1.59. The second-order valence-corrected chi connectivity index (χ2v) is 3.61. The van der Waals surface area contributed by atoms with Gasteiger partial charge in [0.25, 0.3) is 0 Å². The predicted molar refractivity (Wildman–Crippen MR) is 62.1 cm³/mol. The van der Waals surface area contributed by atoms with Crippen LogP contribution in [0.25, 0.3) is 0 Å². The first-order valence-corrected chi connectivity index (χ1v) is 5.15. The standard InChI is InChI=1S/C12H15N3O/c1-16-12-5-3-2-4-10(12)11(13)8-15-7-6-14-9-15/h2-7,9,11H,8,13H2,1H3. The minimum Gasteiger partial charge on any atom is -0.496 e. The summed E-state index contributed by atoms with van der Waals surface area (Å²) in [7, 11) is 1.66. The van der Waals surface area contributed by atoms with E-state index in [2.05, 4.69) is 4.98 Å². The first-order chi connectivity index (χ1) is 7.81. The molecule has 0 fully saturated rings. The van der Waals surface area contributed by atoms with Gasteiger partial charge in [-0.15, -0.1) is 0 Å². The molecule has 4 nitrogen and oxygen atoms in total. The minimum atomic E-state index is -0.0923. The third-order valence-corrected chi connectivity index (χ3v) is 2.51. The Hall–Kier alpha value is -1.81. The average molecular weight is 217 g/mol. The molecular weight excluding hydrogens is 202 g/mol. The van der Waals surface area contributed by atoms with E-state index >= 15 is 0 Å². The summed E-state index contributed by atoms with van der Waals surface area (Å²) in [6.07, 6.45) is 5.40. The van der Waals surface area contributed by atoms with Gasteiger partial charge in [0, 0.05) is 24.5 Å². The molecule has 4 heteroatoms. The fourth-order valence-electron chi connectivity index (χ4n) is 1.69. The van der Waals surface area contributed by atoms with Crippen LogP contribution in [-0.4, -0.2) is 16.7 Å². The molecule has 2 aromatic rings. The lowest BCUT2D eigenvalue weighted by atomic mass is 10.1. The van der Waals surface area contributed by atoms with E-state index in [0.717, 1.165) is 11.3 Å². The number of para-hydroxylation sites is 1. The molecule has 0 aliphatic carbocycles. The first kappa shape index (κ1) is 10.7. The smallest absolute Gasteiger partial charge is 0.123 e. The molecule has 0 radical (unpaired) electrons. The van der Waals surface area contributed by atoms with E-state index in [9.17, 15) is 0 Å². The Morgan fingerprint density at radius 3 is 2.94 bits per heavy atom. The van der Waals surface area contributed by atoms with Crippen LogP contribution in [0.3, 0.4) is 0 Å². The lowest BCUT2D eigenvalue weighted by Crippen LogP contribution is -2.17. The Kier molecular flexibility index (Phi) is 3.22. The van der Waals surface area contributed by atoms with Crippen molar-refractivity contribution in [2.45, 2.75) is 12.6 Å². The summed E-state index contributed by atoms with van der Waals surface area (Å²) in [5.74, 6) is 0.829. The van der Waals surface area contributed by atoms with Crippen LogP contribution in [-0.2, 0) is 6.54 Å². The molecule has 2 rings (SSSR count). The molecule has 1 unspecified atom stereocenters. The monoisotopic (exact) mass is 217 g/mol. The quantitative estimate of drug-likeness (QED) is 0.846. The Bertz CT molecular complexity index is 439. The van der Waals surface area contributed by atoms with Crippen molar-refractivity contribution in [2.24, 2.45) is 5.73 Å². The molecule has 0 aliphatic rings. The summed E-state index contributed by atoms with van der Waals surface area (Å²) in [4.78, 5) is 3.99. The van der Waals surface area contributed by atoms with Crippen LogP contribution in [0.2, 0.25) is 0 Å². The number of methoxy groups -OCH3 is 1. The van der Waals surface area contributed by atoms with Gasteiger partial charge in [-0.3, -0.25) is 0 Å². The molecular formula is C12H15N3O. The van der Waals surface area contributed by atoms with Crippen molar-refractivity contribution in [3.05, 3.63) is 48.5 Å². The van der Waals surface area contributed by atoms with Crippen molar-refractivity contribution >= 4 is 0 Å². The first-order valence-electron chi connectivity index (χ1n) is 5.15. The van der Waals surface area contributed by atoms with Crippen molar-refractivity contribution in [2.75, 3.05) is 7.11 Å². The molecule has 0 aliphatic heterocycles. The highest BCUT2D eigenvalue weighted by atomic mass is 16.5. The number of imidazole rings is 1. The molecule has 16 heavy (non-hydrogen) atoms. The van der Waals surface area contributed by atoms with E-state index in [1.807, 2.05) is 35.0 Å². The summed E-state index contributed by atoms with van der Waals surface area (Å²) in [6, 6.07) is 7.71. The number of hydrogen-bond acceptors (Lipinski definition) is 3. The molecule has 1 atom stereocenters. The normalized spacial score (nSPS) is 12.4. The summed E-state index contributed by atoms with van der Waals surface area (Å²) >= 11 is 0. The second kappa shape index (κ2) is 4.81. The number of ether oxygens (including phenoxy) is 1. The maximum atomic E-state index is 6.13. The summed E-state index contributed by atoms with van der Waals surface area (Å²) in [6.45, 7) is 0.695. The molecule has 84 valence electrons. The molecule has 0 saturated carbocycles. The Balaban J connectivity index is 2.17. The van der Waals surface area contributed by atoms with Crippen molar-refractivity contribution < 1.29 is 4.74 Å². The van der Waals surface area contributed by atoms with E-state index in [1.165, 1.54) is 0 Å². The maximum absolute atomic E-state index is 6.13. The largest absolute Gasteiger partial charge is 0.496 e. The summed E-state index contributed by atoms with van der Waals surface area (Å²) in [5.41, 5.74) is 7.15. The highest BCUT2D eigenvalue weighted by molar-refractivity contribution is 5.35. The Morgan fingerprint density at radius 2 is 2.25 bits per heavy atom. The number of nitrogens with two attached hydrogens (primary N) is 1. The number of rotatable bonds is 4. The zero-order valence-corrected chi connectivity index (χ0v) is 9.21. The van der Waals surface area contributed by atoms with Crippen molar-refractivity contribution in [3.8, 4) is 5.75 Å².